The number of furan rings is 1. The second-order valence-electron chi connectivity index (χ2n) is 5.92. The van der Waals surface area contributed by atoms with E-state index in [0.29, 0.717) is 24.6 Å². The van der Waals surface area contributed by atoms with E-state index in [-0.39, 0.29) is 5.91 Å². The summed E-state index contributed by atoms with van der Waals surface area (Å²) in [5.41, 5.74) is 3.16. The molecule has 5 nitrogen and oxygen atoms in total. The predicted molar refractivity (Wildman–Crippen MR) is 89.3 cm³/mol. The fraction of sp³-hybridized carbons (Fsp3) is 0.389. The molecule has 2 rings (SSSR count). The van der Waals surface area contributed by atoms with Gasteiger partial charge in [0.05, 0.1) is 12.6 Å². The SMILES string of the molecule is CNC(=O)c1ccc(CN(C)C[C@@H](O)c2cc(C)ccc2C)o1. The quantitative estimate of drug-likeness (QED) is 0.859. The van der Waals surface area contributed by atoms with Crippen molar-refractivity contribution in [3.63, 3.8) is 0 Å². The lowest BCUT2D eigenvalue weighted by molar-refractivity contribution is 0.0927. The Balaban J connectivity index is 1.98. The van der Waals surface area contributed by atoms with Crippen LogP contribution in [0, 0.1) is 13.8 Å². The topological polar surface area (TPSA) is 65.7 Å². The van der Waals surface area contributed by atoms with Crippen LogP contribution in [0.15, 0.2) is 34.7 Å². The third kappa shape index (κ3) is 4.43. The first-order valence-electron chi connectivity index (χ1n) is 7.65. The van der Waals surface area contributed by atoms with Gasteiger partial charge < -0.3 is 14.8 Å². The van der Waals surface area contributed by atoms with Gasteiger partial charge in [0.2, 0.25) is 0 Å². The largest absolute Gasteiger partial charge is 0.455 e. The van der Waals surface area contributed by atoms with E-state index in [0.717, 1.165) is 16.7 Å². The van der Waals surface area contributed by atoms with Crippen LogP contribution < -0.4 is 5.32 Å². The maximum absolute atomic E-state index is 11.5. The number of aliphatic hydroxyl groups is 1. The molecule has 0 bridgehead atoms. The maximum atomic E-state index is 11.5. The summed E-state index contributed by atoms with van der Waals surface area (Å²) in [6.07, 6.45) is -0.562. The first-order chi connectivity index (χ1) is 10.9. The Morgan fingerprint density at radius 3 is 2.74 bits per heavy atom. The number of hydrogen-bond donors (Lipinski definition) is 2. The first-order valence-corrected chi connectivity index (χ1v) is 7.65. The van der Waals surface area contributed by atoms with Crippen LogP contribution in [0.3, 0.4) is 0 Å². The number of aliphatic hydroxyl groups excluding tert-OH is 1. The lowest BCUT2D eigenvalue weighted by atomic mass is 10.0. The normalized spacial score (nSPS) is 12.4. The molecule has 2 aromatic rings. The number of amides is 1. The number of likely N-dealkylation sites (N-methyl/N-ethyl adjacent to an activating group) is 1. The van der Waals surface area contributed by atoms with Crippen LogP contribution in [-0.4, -0.2) is 36.6 Å². The number of nitrogens with one attached hydrogen (secondary N) is 1. The van der Waals surface area contributed by atoms with Crippen LogP contribution >= 0.6 is 0 Å². The lowest BCUT2D eigenvalue weighted by Gasteiger charge is -2.21. The van der Waals surface area contributed by atoms with Crippen molar-refractivity contribution in [2.24, 2.45) is 0 Å². The van der Waals surface area contributed by atoms with Gasteiger partial charge in [0.15, 0.2) is 5.76 Å². The van der Waals surface area contributed by atoms with Crippen molar-refractivity contribution in [3.05, 3.63) is 58.5 Å². The highest BCUT2D eigenvalue weighted by molar-refractivity contribution is 5.91. The molecule has 0 aliphatic rings. The van der Waals surface area contributed by atoms with E-state index in [4.69, 9.17) is 4.42 Å². The number of nitrogens with zero attached hydrogens (tertiary/aromatic N) is 1. The predicted octanol–water partition coefficient (Wildman–Crippen LogP) is 2.42. The summed E-state index contributed by atoms with van der Waals surface area (Å²) in [5.74, 6) is 0.750. The molecule has 5 heteroatoms. The van der Waals surface area contributed by atoms with Gasteiger partial charge in [-0.3, -0.25) is 9.69 Å². The third-order valence-electron chi connectivity index (χ3n) is 3.82. The molecule has 0 aliphatic heterocycles. The minimum absolute atomic E-state index is 0.241. The van der Waals surface area contributed by atoms with Crippen molar-refractivity contribution in [1.29, 1.82) is 0 Å². The van der Waals surface area contributed by atoms with Gasteiger partial charge in [0.1, 0.15) is 5.76 Å². The fourth-order valence-corrected chi connectivity index (χ4v) is 2.55. The molecule has 0 radical (unpaired) electrons. The highest BCUT2D eigenvalue weighted by atomic mass is 16.4. The number of rotatable bonds is 6. The highest BCUT2D eigenvalue weighted by Gasteiger charge is 2.15. The van der Waals surface area contributed by atoms with Crippen molar-refractivity contribution in [2.45, 2.75) is 26.5 Å². The Morgan fingerprint density at radius 2 is 2.04 bits per heavy atom. The Morgan fingerprint density at radius 1 is 1.30 bits per heavy atom. The molecule has 0 fully saturated rings. The molecule has 124 valence electrons. The van der Waals surface area contributed by atoms with Crippen LogP contribution in [0.5, 0.6) is 0 Å². The molecule has 1 heterocycles. The van der Waals surface area contributed by atoms with Crippen molar-refractivity contribution in [1.82, 2.24) is 10.2 Å². The minimum Gasteiger partial charge on any atom is -0.455 e. The zero-order chi connectivity index (χ0) is 17.0. The average Bonchev–Trinajstić information content (AvgIpc) is 2.97. The Labute approximate surface area is 136 Å². The first kappa shape index (κ1) is 17.2. The molecule has 0 saturated carbocycles. The molecule has 1 aromatic carbocycles. The van der Waals surface area contributed by atoms with E-state index in [2.05, 4.69) is 5.32 Å². The van der Waals surface area contributed by atoms with Crippen LogP contribution in [0.2, 0.25) is 0 Å². The van der Waals surface area contributed by atoms with Gasteiger partial charge in [-0.25, -0.2) is 0 Å². The Bertz CT molecular complexity index is 679. The summed E-state index contributed by atoms with van der Waals surface area (Å²) >= 11 is 0. The molecule has 1 atom stereocenters. The number of carbonyl (C=O) groups is 1. The van der Waals surface area contributed by atoms with Crippen molar-refractivity contribution >= 4 is 5.91 Å². The Kier molecular flexibility index (Phi) is 5.58. The van der Waals surface area contributed by atoms with E-state index < -0.39 is 6.10 Å². The van der Waals surface area contributed by atoms with Crippen LogP contribution in [-0.2, 0) is 6.54 Å². The van der Waals surface area contributed by atoms with E-state index in [1.165, 1.54) is 0 Å². The van der Waals surface area contributed by atoms with Crippen LogP contribution in [0.4, 0.5) is 0 Å². The molecular weight excluding hydrogens is 292 g/mol. The van der Waals surface area contributed by atoms with E-state index in [1.807, 2.05) is 44.0 Å². The van der Waals surface area contributed by atoms with Gasteiger partial charge in [-0.05, 0) is 44.2 Å². The number of carbonyl (C=O) groups excluding carboxylic acids is 1. The van der Waals surface area contributed by atoms with Gasteiger partial charge in [0.25, 0.3) is 5.91 Å². The van der Waals surface area contributed by atoms with Gasteiger partial charge in [-0.2, -0.15) is 0 Å². The van der Waals surface area contributed by atoms with Crippen molar-refractivity contribution in [3.8, 4) is 0 Å². The standard InChI is InChI=1S/C18H24N2O3/c1-12-5-6-13(2)15(9-12)16(21)11-20(4)10-14-7-8-17(23-14)18(22)19-3/h5-9,16,21H,10-11H2,1-4H3,(H,19,22)/t16-/m1/s1. The van der Waals surface area contributed by atoms with E-state index in [1.54, 1.807) is 19.2 Å². The van der Waals surface area contributed by atoms with Gasteiger partial charge in [-0.15, -0.1) is 0 Å². The van der Waals surface area contributed by atoms with Gasteiger partial charge in [0, 0.05) is 13.6 Å². The van der Waals surface area contributed by atoms with E-state index >= 15 is 0 Å². The fourth-order valence-electron chi connectivity index (χ4n) is 2.55. The molecule has 1 aromatic heterocycles. The van der Waals surface area contributed by atoms with Gasteiger partial charge >= 0.3 is 0 Å². The molecule has 0 aliphatic carbocycles. The zero-order valence-corrected chi connectivity index (χ0v) is 14.1. The summed E-state index contributed by atoms with van der Waals surface area (Å²) in [6, 6.07) is 9.52. The molecule has 0 saturated heterocycles. The molecule has 0 unspecified atom stereocenters. The van der Waals surface area contributed by atoms with Crippen molar-refractivity contribution in [2.75, 3.05) is 20.6 Å². The monoisotopic (exact) mass is 316 g/mol. The van der Waals surface area contributed by atoms with E-state index in [9.17, 15) is 9.90 Å². The minimum atomic E-state index is -0.562. The van der Waals surface area contributed by atoms with Gasteiger partial charge in [-0.1, -0.05) is 23.8 Å². The second-order valence-corrected chi connectivity index (χ2v) is 5.92. The molecular formula is C18H24N2O3. The number of hydrogen-bond acceptors (Lipinski definition) is 4. The lowest BCUT2D eigenvalue weighted by Crippen LogP contribution is -2.24. The highest BCUT2D eigenvalue weighted by Crippen LogP contribution is 2.20. The van der Waals surface area contributed by atoms with Crippen LogP contribution in [0.25, 0.3) is 0 Å². The van der Waals surface area contributed by atoms with Crippen LogP contribution in [0.1, 0.15) is 39.1 Å². The summed E-state index contributed by atoms with van der Waals surface area (Å²) in [6.45, 7) is 5.03. The molecule has 0 spiro atoms. The smallest absolute Gasteiger partial charge is 0.286 e. The molecule has 2 N–H and O–H groups in total. The second kappa shape index (κ2) is 7.44. The summed E-state index contributed by atoms with van der Waals surface area (Å²) in [5, 5.41) is 13.0. The zero-order valence-electron chi connectivity index (χ0n) is 14.1. The summed E-state index contributed by atoms with van der Waals surface area (Å²) in [7, 11) is 3.48. The number of benzene rings is 1. The Hall–Kier alpha value is -2.11. The molecule has 1 amide bonds. The maximum Gasteiger partial charge on any atom is 0.286 e. The summed E-state index contributed by atoms with van der Waals surface area (Å²) in [4.78, 5) is 13.5. The van der Waals surface area contributed by atoms with Crippen molar-refractivity contribution < 1.29 is 14.3 Å². The molecule has 23 heavy (non-hydrogen) atoms. The third-order valence-corrected chi connectivity index (χ3v) is 3.82. The number of aryl methyl sites for hydroxylation is 2. The average molecular weight is 316 g/mol. The summed E-state index contributed by atoms with van der Waals surface area (Å²) < 4.78 is 5.50.